The van der Waals surface area contributed by atoms with E-state index in [2.05, 4.69) is 34.4 Å². The Kier molecular flexibility index (Phi) is 17.8. The molecule has 2 N–H and O–H groups in total. The van der Waals surface area contributed by atoms with Gasteiger partial charge in [0.15, 0.2) is 5.96 Å². The molecule has 6 heteroatoms. The summed E-state index contributed by atoms with van der Waals surface area (Å²) in [6, 6.07) is 0. The number of nitrogens with one attached hydrogen (secondary N) is 2. The van der Waals surface area contributed by atoms with Crippen LogP contribution >= 0.6 is 24.0 Å². The summed E-state index contributed by atoms with van der Waals surface area (Å²) in [5.41, 5.74) is 0. The van der Waals surface area contributed by atoms with E-state index in [1.807, 2.05) is 0 Å². The summed E-state index contributed by atoms with van der Waals surface area (Å²) < 4.78 is 4.98. The number of halogens is 1. The zero-order chi connectivity index (χ0) is 13.6. The van der Waals surface area contributed by atoms with Gasteiger partial charge in [0.1, 0.15) is 0 Å². The molecule has 19 heavy (non-hydrogen) atoms. The number of rotatable bonds is 10. The largest absolute Gasteiger partial charge is 0.383 e. The van der Waals surface area contributed by atoms with E-state index in [1.165, 1.54) is 19.4 Å². The molecule has 0 saturated heterocycles. The minimum Gasteiger partial charge on any atom is -0.383 e. The van der Waals surface area contributed by atoms with Crippen LogP contribution < -0.4 is 10.6 Å². The topological polar surface area (TPSA) is 48.9 Å². The molecule has 0 atom stereocenters. The summed E-state index contributed by atoms with van der Waals surface area (Å²) in [5, 5.41) is 6.50. The monoisotopic (exact) mass is 386 g/mol. The summed E-state index contributed by atoms with van der Waals surface area (Å²) in [6.07, 6.45) is 2.39. The van der Waals surface area contributed by atoms with Crippen LogP contribution in [0.15, 0.2) is 4.99 Å². The van der Waals surface area contributed by atoms with Gasteiger partial charge < -0.3 is 20.3 Å². The highest BCUT2D eigenvalue weighted by Crippen LogP contribution is 1.93. The van der Waals surface area contributed by atoms with Crippen LogP contribution in [-0.4, -0.2) is 64.3 Å². The number of nitrogens with zero attached hydrogens (tertiary/aromatic N) is 2. The third kappa shape index (κ3) is 12.7. The number of aliphatic imine (C=N–C) groups is 1. The van der Waals surface area contributed by atoms with Gasteiger partial charge in [-0.15, -0.1) is 24.0 Å². The number of hydrogen-bond acceptors (Lipinski definition) is 3. The van der Waals surface area contributed by atoms with Gasteiger partial charge in [0.05, 0.1) is 6.61 Å². The first kappa shape index (κ1) is 21.2. The quantitative estimate of drug-likeness (QED) is 0.259. The fraction of sp³-hybridized carbons (Fsp3) is 0.923. The molecule has 0 unspecified atom stereocenters. The molecule has 0 amide bonds. The molecule has 0 saturated carbocycles. The predicted octanol–water partition coefficient (Wildman–Crippen LogP) is 1.54. The lowest BCUT2D eigenvalue weighted by Crippen LogP contribution is -2.39. The molecule has 0 aromatic carbocycles. The Labute approximate surface area is 135 Å². The SMILES string of the molecule is CCN(CC)CCCCNC(=NC)NCCOC.I. The Morgan fingerprint density at radius 2 is 1.74 bits per heavy atom. The molecule has 0 rings (SSSR count). The van der Waals surface area contributed by atoms with E-state index >= 15 is 0 Å². The van der Waals surface area contributed by atoms with E-state index in [0.717, 1.165) is 32.1 Å². The summed E-state index contributed by atoms with van der Waals surface area (Å²) in [4.78, 5) is 6.60. The molecule has 0 fully saturated rings. The lowest BCUT2D eigenvalue weighted by molar-refractivity contribution is 0.203. The van der Waals surface area contributed by atoms with E-state index in [9.17, 15) is 0 Å². The van der Waals surface area contributed by atoms with Gasteiger partial charge in [-0.2, -0.15) is 0 Å². The van der Waals surface area contributed by atoms with Crippen LogP contribution in [0.5, 0.6) is 0 Å². The molecule has 0 bridgehead atoms. The van der Waals surface area contributed by atoms with E-state index in [1.54, 1.807) is 14.2 Å². The second kappa shape index (κ2) is 16.0. The molecule has 0 spiro atoms. The minimum atomic E-state index is 0. The van der Waals surface area contributed by atoms with Crippen LogP contribution in [-0.2, 0) is 4.74 Å². The Hall–Kier alpha value is -0.0800. The number of methoxy groups -OCH3 is 1. The second-order valence-electron chi connectivity index (χ2n) is 4.15. The summed E-state index contributed by atoms with van der Waals surface area (Å²) >= 11 is 0. The molecule has 0 aliphatic carbocycles. The van der Waals surface area contributed by atoms with Gasteiger partial charge in [0.25, 0.3) is 0 Å². The first-order chi connectivity index (χ1) is 8.78. The molecular formula is C13H31IN4O. The summed E-state index contributed by atoms with van der Waals surface area (Å²) in [7, 11) is 3.49. The minimum absolute atomic E-state index is 0. The van der Waals surface area contributed by atoms with Gasteiger partial charge in [-0.3, -0.25) is 4.99 Å². The van der Waals surface area contributed by atoms with Crippen molar-refractivity contribution in [3.63, 3.8) is 0 Å². The normalized spacial score (nSPS) is 11.3. The molecule has 5 nitrogen and oxygen atoms in total. The average molecular weight is 386 g/mol. The zero-order valence-electron chi connectivity index (χ0n) is 12.9. The Morgan fingerprint density at radius 1 is 1.11 bits per heavy atom. The fourth-order valence-corrected chi connectivity index (χ4v) is 1.70. The highest BCUT2D eigenvalue weighted by Gasteiger charge is 1.99. The van der Waals surface area contributed by atoms with Crippen LogP contribution in [0.3, 0.4) is 0 Å². The van der Waals surface area contributed by atoms with Gasteiger partial charge in [-0.25, -0.2) is 0 Å². The molecule has 116 valence electrons. The van der Waals surface area contributed by atoms with Gasteiger partial charge in [0.2, 0.25) is 0 Å². The average Bonchev–Trinajstić information content (AvgIpc) is 2.41. The standard InChI is InChI=1S/C13H30N4O.HI/c1-5-17(6-2)11-8-7-9-15-13(14-3)16-10-12-18-4;/h5-12H2,1-4H3,(H2,14,15,16);1H. The van der Waals surface area contributed by atoms with Crippen molar-refractivity contribution in [2.45, 2.75) is 26.7 Å². The molecule has 0 heterocycles. The third-order valence-corrected chi connectivity index (χ3v) is 2.91. The zero-order valence-corrected chi connectivity index (χ0v) is 15.2. The number of guanidine groups is 1. The van der Waals surface area contributed by atoms with Gasteiger partial charge in [-0.1, -0.05) is 13.8 Å². The molecular weight excluding hydrogens is 355 g/mol. The lowest BCUT2D eigenvalue weighted by Gasteiger charge is -2.17. The number of unbranched alkanes of at least 4 members (excludes halogenated alkanes) is 1. The highest BCUT2D eigenvalue weighted by atomic mass is 127. The fourth-order valence-electron chi connectivity index (χ4n) is 1.70. The number of hydrogen-bond donors (Lipinski definition) is 2. The first-order valence-electron chi connectivity index (χ1n) is 6.94. The lowest BCUT2D eigenvalue weighted by atomic mass is 10.3. The number of ether oxygens (including phenoxy) is 1. The molecule has 0 aromatic heterocycles. The Balaban J connectivity index is 0. The van der Waals surface area contributed by atoms with Crippen molar-refractivity contribution >= 4 is 29.9 Å². The maximum Gasteiger partial charge on any atom is 0.191 e. The highest BCUT2D eigenvalue weighted by molar-refractivity contribution is 14.0. The van der Waals surface area contributed by atoms with Crippen molar-refractivity contribution in [3.05, 3.63) is 0 Å². The third-order valence-electron chi connectivity index (χ3n) is 2.91. The second-order valence-corrected chi connectivity index (χ2v) is 4.15. The Morgan fingerprint density at radius 3 is 2.26 bits per heavy atom. The molecule has 0 aliphatic heterocycles. The van der Waals surface area contributed by atoms with Crippen LogP contribution in [0.4, 0.5) is 0 Å². The van der Waals surface area contributed by atoms with E-state index < -0.39 is 0 Å². The molecule has 0 radical (unpaired) electrons. The van der Waals surface area contributed by atoms with Crippen molar-refractivity contribution < 1.29 is 4.74 Å². The van der Waals surface area contributed by atoms with E-state index in [-0.39, 0.29) is 24.0 Å². The van der Waals surface area contributed by atoms with Gasteiger partial charge >= 0.3 is 0 Å². The van der Waals surface area contributed by atoms with Crippen LogP contribution in [0, 0.1) is 0 Å². The van der Waals surface area contributed by atoms with Crippen LogP contribution in [0.1, 0.15) is 26.7 Å². The van der Waals surface area contributed by atoms with Crippen molar-refractivity contribution in [3.8, 4) is 0 Å². The van der Waals surface area contributed by atoms with Crippen molar-refractivity contribution in [2.75, 3.05) is 53.5 Å². The van der Waals surface area contributed by atoms with Crippen molar-refractivity contribution in [1.82, 2.24) is 15.5 Å². The van der Waals surface area contributed by atoms with Crippen LogP contribution in [0.25, 0.3) is 0 Å². The van der Waals surface area contributed by atoms with Crippen molar-refractivity contribution in [2.24, 2.45) is 4.99 Å². The van der Waals surface area contributed by atoms with Gasteiger partial charge in [-0.05, 0) is 32.5 Å². The first-order valence-corrected chi connectivity index (χ1v) is 6.94. The Bertz CT molecular complexity index is 211. The van der Waals surface area contributed by atoms with E-state index in [0.29, 0.717) is 6.61 Å². The molecule has 0 aliphatic rings. The smallest absolute Gasteiger partial charge is 0.191 e. The van der Waals surface area contributed by atoms with Crippen LogP contribution in [0.2, 0.25) is 0 Å². The summed E-state index contributed by atoms with van der Waals surface area (Å²) in [6.45, 7) is 10.3. The summed E-state index contributed by atoms with van der Waals surface area (Å²) in [5.74, 6) is 0.856. The van der Waals surface area contributed by atoms with Crippen molar-refractivity contribution in [1.29, 1.82) is 0 Å². The predicted molar refractivity (Wildman–Crippen MR) is 93.7 cm³/mol. The maximum absolute atomic E-state index is 4.98. The maximum atomic E-state index is 4.98. The van der Waals surface area contributed by atoms with E-state index in [4.69, 9.17) is 4.74 Å². The molecule has 0 aromatic rings. The van der Waals surface area contributed by atoms with Gasteiger partial charge in [0, 0.05) is 27.2 Å².